The van der Waals surface area contributed by atoms with Crippen molar-refractivity contribution in [3.63, 3.8) is 0 Å². The van der Waals surface area contributed by atoms with Crippen molar-refractivity contribution in [2.75, 3.05) is 13.2 Å². The van der Waals surface area contributed by atoms with E-state index in [1.807, 2.05) is 35.2 Å². The molecule has 2 aromatic carbocycles. The molecule has 0 unspecified atom stereocenters. The van der Waals surface area contributed by atoms with E-state index in [2.05, 4.69) is 31.2 Å². The van der Waals surface area contributed by atoms with Gasteiger partial charge in [0, 0.05) is 31.5 Å². The second kappa shape index (κ2) is 9.67. The molecule has 144 valence electrons. The number of hydrogen-bond acceptors (Lipinski definition) is 3. The predicted molar refractivity (Wildman–Crippen MR) is 106 cm³/mol. The van der Waals surface area contributed by atoms with Crippen LogP contribution in [0.3, 0.4) is 0 Å². The minimum atomic E-state index is 0.127. The van der Waals surface area contributed by atoms with Crippen molar-refractivity contribution in [1.29, 1.82) is 0 Å². The number of ether oxygens (including phenoxy) is 1. The summed E-state index contributed by atoms with van der Waals surface area (Å²) in [6.45, 7) is 3.98. The van der Waals surface area contributed by atoms with Gasteiger partial charge in [-0.15, -0.1) is 0 Å². The molecule has 1 fully saturated rings. The molecule has 0 saturated carbocycles. The number of nitrogens with zero attached hydrogens (tertiary/aromatic N) is 1. The smallest absolute Gasteiger partial charge is 0.223 e. The average Bonchev–Trinajstić information content (AvgIpc) is 2.97. The Morgan fingerprint density at radius 2 is 1.81 bits per heavy atom. The summed E-state index contributed by atoms with van der Waals surface area (Å²) in [4.78, 5) is 14.7. The molecule has 0 aromatic heterocycles. The van der Waals surface area contributed by atoms with Crippen molar-refractivity contribution in [3.05, 3.63) is 71.3 Å². The molecule has 1 amide bonds. The van der Waals surface area contributed by atoms with Crippen LogP contribution in [0.25, 0.3) is 0 Å². The maximum absolute atomic E-state index is 12.7. The van der Waals surface area contributed by atoms with Gasteiger partial charge in [-0.1, -0.05) is 60.2 Å². The van der Waals surface area contributed by atoms with Gasteiger partial charge in [-0.2, -0.15) is 0 Å². The SMILES string of the molecule is Cc1ccc(CN2C(=O)C[C@@H](COCc3ccccc3)[C@@H]2CCCO)cc1. The van der Waals surface area contributed by atoms with Crippen LogP contribution in [0.15, 0.2) is 54.6 Å². The molecule has 1 heterocycles. The molecule has 4 nitrogen and oxygen atoms in total. The zero-order valence-corrected chi connectivity index (χ0v) is 16.0. The first-order chi connectivity index (χ1) is 13.2. The molecular weight excluding hydrogens is 338 g/mol. The van der Waals surface area contributed by atoms with Crippen LogP contribution in [0.4, 0.5) is 0 Å². The number of rotatable bonds is 9. The van der Waals surface area contributed by atoms with Gasteiger partial charge >= 0.3 is 0 Å². The predicted octanol–water partition coefficient (Wildman–Crippen LogP) is 3.70. The normalized spacial score (nSPS) is 19.6. The zero-order chi connectivity index (χ0) is 19.1. The Morgan fingerprint density at radius 3 is 2.52 bits per heavy atom. The van der Waals surface area contributed by atoms with Gasteiger partial charge in [-0.3, -0.25) is 4.79 Å². The third-order valence-electron chi connectivity index (χ3n) is 5.28. The Hall–Kier alpha value is -2.17. The number of carbonyl (C=O) groups excluding carboxylic acids is 1. The van der Waals surface area contributed by atoms with Gasteiger partial charge in [-0.05, 0) is 30.9 Å². The minimum absolute atomic E-state index is 0.127. The third kappa shape index (κ3) is 5.41. The van der Waals surface area contributed by atoms with Crippen LogP contribution in [-0.2, 0) is 22.7 Å². The van der Waals surface area contributed by atoms with Gasteiger partial charge in [0.05, 0.1) is 13.2 Å². The quantitative estimate of drug-likeness (QED) is 0.735. The van der Waals surface area contributed by atoms with Crippen LogP contribution < -0.4 is 0 Å². The van der Waals surface area contributed by atoms with Crippen molar-refractivity contribution in [2.45, 2.75) is 45.4 Å². The van der Waals surface area contributed by atoms with Crippen LogP contribution in [0.5, 0.6) is 0 Å². The van der Waals surface area contributed by atoms with Crippen LogP contribution in [0.2, 0.25) is 0 Å². The monoisotopic (exact) mass is 367 g/mol. The summed E-state index contributed by atoms with van der Waals surface area (Å²) in [6, 6.07) is 18.6. The molecule has 1 saturated heterocycles. The minimum Gasteiger partial charge on any atom is -0.396 e. The lowest BCUT2D eigenvalue weighted by atomic mass is 9.97. The van der Waals surface area contributed by atoms with E-state index in [4.69, 9.17) is 4.74 Å². The van der Waals surface area contributed by atoms with Gasteiger partial charge in [0.25, 0.3) is 0 Å². The molecular formula is C23H29NO3. The first kappa shape index (κ1) is 19.6. The summed E-state index contributed by atoms with van der Waals surface area (Å²) in [5.74, 6) is 0.366. The van der Waals surface area contributed by atoms with Crippen molar-refractivity contribution in [3.8, 4) is 0 Å². The molecule has 2 aromatic rings. The van der Waals surface area contributed by atoms with Gasteiger partial charge in [-0.25, -0.2) is 0 Å². The second-order valence-electron chi connectivity index (χ2n) is 7.41. The Kier molecular flexibility index (Phi) is 7.02. The van der Waals surface area contributed by atoms with Crippen molar-refractivity contribution < 1.29 is 14.6 Å². The molecule has 27 heavy (non-hydrogen) atoms. The van der Waals surface area contributed by atoms with Gasteiger partial charge in [0.1, 0.15) is 0 Å². The van der Waals surface area contributed by atoms with Crippen molar-refractivity contribution in [1.82, 2.24) is 4.90 Å². The Balaban J connectivity index is 1.62. The van der Waals surface area contributed by atoms with E-state index < -0.39 is 0 Å². The summed E-state index contributed by atoms with van der Waals surface area (Å²) in [5, 5.41) is 9.28. The lowest BCUT2D eigenvalue weighted by Crippen LogP contribution is -2.36. The van der Waals surface area contributed by atoms with E-state index in [9.17, 15) is 9.90 Å². The molecule has 0 bridgehead atoms. The van der Waals surface area contributed by atoms with Crippen LogP contribution in [-0.4, -0.2) is 35.2 Å². The Morgan fingerprint density at radius 1 is 1.07 bits per heavy atom. The van der Waals surface area contributed by atoms with Crippen LogP contribution in [0.1, 0.15) is 36.0 Å². The summed E-state index contributed by atoms with van der Waals surface area (Å²) >= 11 is 0. The highest BCUT2D eigenvalue weighted by molar-refractivity contribution is 5.79. The fraction of sp³-hybridized carbons (Fsp3) is 0.435. The first-order valence-corrected chi connectivity index (χ1v) is 9.75. The maximum atomic E-state index is 12.7. The van der Waals surface area contributed by atoms with E-state index in [1.165, 1.54) is 5.56 Å². The first-order valence-electron chi connectivity index (χ1n) is 9.75. The zero-order valence-electron chi connectivity index (χ0n) is 16.0. The molecule has 0 spiro atoms. The van der Waals surface area contributed by atoms with Crippen LogP contribution >= 0.6 is 0 Å². The van der Waals surface area contributed by atoms with E-state index in [-0.39, 0.29) is 24.5 Å². The molecule has 0 aliphatic carbocycles. The van der Waals surface area contributed by atoms with Gasteiger partial charge in [0.15, 0.2) is 0 Å². The molecule has 1 aliphatic heterocycles. The fourth-order valence-corrected chi connectivity index (χ4v) is 3.78. The van der Waals surface area contributed by atoms with E-state index in [1.54, 1.807) is 0 Å². The number of amides is 1. The lowest BCUT2D eigenvalue weighted by molar-refractivity contribution is -0.129. The molecule has 1 N–H and O–H groups in total. The largest absolute Gasteiger partial charge is 0.396 e. The summed E-state index contributed by atoms with van der Waals surface area (Å²) in [5.41, 5.74) is 3.51. The lowest BCUT2D eigenvalue weighted by Gasteiger charge is -2.28. The fourth-order valence-electron chi connectivity index (χ4n) is 3.78. The van der Waals surface area contributed by atoms with Gasteiger partial charge in [0.2, 0.25) is 5.91 Å². The topological polar surface area (TPSA) is 49.8 Å². The average molecular weight is 367 g/mol. The number of carbonyl (C=O) groups is 1. The highest BCUT2D eigenvalue weighted by Gasteiger charge is 2.39. The molecule has 3 rings (SSSR count). The summed E-state index contributed by atoms with van der Waals surface area (Å²) in [6.07, 6.45) is 2.04. The van der Waals surface area contributed by atoms with E-state index in [0.29, 0.717) is 32.6 Å². The van der Waals surface area contributed by atoms with Crippen molar-refractivity contribution >= 4 is 5.91 Å². The summed E-state index contributed by atoms with van der Waals surface area (Å²) in [7, 11) is 0. The van der Waals surface area contributed by atoms with Gasteiger partial charge < -0.3 is 14.7 Å². The third-order valence-corrected chi connectivity index (χ3v) is 5.28. The number of hydrogen-bond donors (Lipinski definition) is 1. The Labute approximate surface area is 161 Å². The maximum Gasteiger partial charge on any atom is 0.223 e. The number of aliphatic hydroxyl groups excluding tert-OH is 1. The number of aryl methyl sites for hydroxylation is 1. The molecule has 1 aliphatic rings. The number of benzene rings is 2. The van der Waals surface area contributed by atoms with Crippen LogP contribution in [0, 0.1) is 12.8 Å². The second-order valence-corrected chi connectivity index (χ2v) is 7.41. The molecule has 0 radical (unpaired) electrons. The number of likely N-dealkylation sites (tertiary alicyclic amines) is 1. The van der Waals surface area contributed by atoms with E-state index in [0.717, 1.165) is 17.5 Å². The standard InChI is InChI=1S/C23H29NO3/c1-18-9-11-19(12-10-18)15-24-22(8-5-13-25)21(14-23(24)26)17-27-16-20-6-3-2-4-7-20/h2-4,6-7,9-12,21-22,25H,5,8,13-17H2,1H3/t21-,22-/m0/s1. The van der Waals surface area contributed by atoms with E-state index >= 15 is 0 Å². The Bertz CT molecular complexity index is 714. The number of aliphatic hydroxyl groups is 1. The highest BCUT2D eigenvalue weighted by atomic mass is 16.5. The molecule has 2 atom stereocenters. The van der Waals surface area contributed by atoms with Crippen molar-refractivity contribution in [2.24, 2.45) is 5.92 Å². The summed E-state index contributed by atoms with van der Waals surface area (Å²) < 4.78 is 5.94. The molecule has 4 heteroatoms. The highest BCUT2D eigenvalue weighted by Crippen LogP contribution is 2.31.